The molecule has 0 aliphatic rings. The Hall–Kier alpha value is -2.04. The van der Waals surface area contributed by atoms with Gasteiger partial charge in [-0.15, -0.1) is 0 Å². The van der Waals surface area contributed by atoms with Crippen LogP contribution >= 0.6 is 0 Å². The molecule has 5 nitrogen and oxygen atoms in total. The SMILES string of the molecule is O=C(O)Oc1ccnc2[nH]ccc12. The molecule has 2 aromatic rings. The highest BCUT2D eigenvalue weighted by Crippen LogP contribution is 2.22. The summed E-state index contributed by atoms with van der Waals surface area (Å²) in [4.78, 5) is 17.1. The Morgan fingerprint density at radius 3 is 3.15 bits per heavy atom. The van der Waals surface area contributed by atoms with Crippen LogP contribution in [0.4, 0.5) is 4.79 Å². The molecule has 2 rings (SSSR count). The van der Waals surface area contributed by atoms with Gasteiger partial charge in [-0.2, -0.15) is 0 Å². The van der Waals surface area contributed by atoms with Crippen molar-refractivity contribution in [1.82, 2.24) is 9.97 Å². The first-order valence-corrected chi connectivity index (χ1v) is 3.60. The normalized spacial score (nSPS) is 10.2. The van der Waals surface area contributed by atoms with Crippen LogP contribution in [0.2, 0.25) is 0 Å². The molecule has 0 aliphatic carbocycles. The van der Waals surface area contributed by atoms with Crippen molar-refractivity contribution in [1.29, 1.82) is 0 Å². The number of pyridine rings is 1. The molecule has 0 aliphatic heterocycles. The van der Waals surface area contributed by atoms with Crippen molar-refractivity contribution in [3.8, 4) is 5.75 Å². The van der Waals surface area contributed by atoms with E-state index in [9.17, 15) is 4.79 Å². The average molecular weight is 178 g/mol. The monoisotopic (exact) mass is 178 g/mol. The third-order valence-corrected chi connectivity index (χ3v) is 1.62. The summed E-state index contributed by atoms with van der Waals surface area (Å²) in [5, 5.41) is 9.07. The number of carbonyl (C=O) groups is 1. The second-order valence-corrected chi connectivity index (χ2v) is 2.42. The molecule has 2 N–H and O–H groups in total. The highest BCUT2D eigenvalue weighted by atomic mass is 16.7. The van der Waals surface area contributed by atoms with Crippen LogP contribution < -0.4 is 4.74 Å². The second kappa shape index (κ2) is 2.78. The molecule has 0 fully saturated rings. The van der Waals surface area contributed by atoms with Crippen LogP contribution in [-0.2, 0) is 0 Å². The van der Waals surface area contributed by atoms with E-state index < -0.39 is 6.16 Å². The van der Waals surface area contributed by atoms with Crippen LogP contribution in [0.15, 0.2) is 24.5 Å². The Morgan fingerprint density at radius 1 is 1.54 bits per heavy atom. The molecule has 0 unspecified atom stereocenters. The second-order valence-electron chi connectivity index (χ2n) is 2.42. The molecule has 0 atom stereocenters. The van der Waals surface area contributed by atoms with E-state index in [0.29, 0.717) is 16.8 Å². The van der Waals surface area contributed by atoms with Crippen molar-refractivity contribution in [2.45, 2.75) is 0 Å². The molecular formula is C8H6N2O3. The minimum absolute atomic E-state index is 0.291. The molecule has 5 heteroatoms. The Labute approximate surface area is 73.0 Å². The van der Waals surface area contributed by atoms with E-state index in [0.717, 1.165) is 0 Å². The topological polar surface area (TPSA) is 75.2 Å². The maximum Gasteiger partial charge on any atom is 0.511 e. The summed E-state index contributed by atoms with van der Waals surface area (Å²) < 4.78 is 4.54. The Bertz CT molecular complexity index is 449. The summed E-state index contributed by atoms with van der Waals surface area (Å²) in [6.45, 7) is 0. The van der Waals surface area contributed by atoms with Crippen LogP contribution in [0.1, 0.15) is 0 Å². The summed E-state index contributed by atoms with van der Waals surface area (Å²) in [5.41, 5.74) is 0.610. The van der Waals surface area contributed by atoms with Gasteiger partial charge >= 0.3 is 6.16 Å². The number of H-pyrrole nitrogens is 1. The lowest BCUT2D eigenvalue weighted by Gasteiger charge is -1.99. The third kappa shape index (κ3) is 1.31. The standard InChI is InChI=1S/C8H6N2O3/c11-8(12)13-6-2-4-10-7-5(6)1-3-9-7/h1-4H,(H,9,10)(H,11,12). The van der Waals surface area contributed by atoms with E-state index in [-0.39, 0.29) is 0 Å². The lowest BCUT2D eigenvalue weighted by molar-refractivity contribution is 0.145. The van der Waals surface area contributed by atoms with E-state index in [2.05, 4.69) is 14.7 Å². The molecule has 0 saturated carbocycles. The number of nitrogens with one attached hydrogen (secondary N) is 1. The summed E-state index contributed by atoms with van der Waals surface area (Å²) in [6.07, 6.45) is 1.83. The molecule has 0 bridgehead atoms. The van der Waals surface area contributed by atoms with Crippen LogP contribution in [0.25, 0.3) is 11.0 Å². The van der Waals surface area contributed by atoms with Gasteiger partial charge in [-0.05, 0) is 6.07 Å². The fourth-order valence-electron chi connectivity index (χ4n) is 1.12. The zero-order chi connectivity index (χ0) is 9.26. The van der Waals surface area contributed by atoms with Crippen molar-refractivity contribution in [3.63, 3.8) is 0 Å². The first-order valence-electron chi connectivity index (χ1n) is 3.60. The van der Waals surface area contributed by atoms with E-state index in [1.807, 2.05) is 0 Å². The van der Waals surface area contributed by atoms with Gasteiger partial charge in [0, 0.05) is 18.5 Å². The van der Waals surface area contributed by atoms with Crippen LogP contribution in [0.5, 0.6) is 5.75 Å². The number of ether oxygens (including phenoxy) is 1. The van der Waals surface area contributed by atoms with Gasteiger partial charge in [-0.3, -0.25) is 0 Å². The number of hydrogen-bond donors (Lipinski definition) is 2. The molecule has 0 amide bonds. The van der Waals surface area contributed by atoms with E-state index in [1.54, 1.807) is 12.3 Å². The first-order chi connectivity index (χ1) is 6.27. The molecule has 66 valence electrons. The highest BCUT2D eigenvalue weighted by Gasteiger charge is 2.06. The number of fused-ring (bicyclic) bond motifs is 1. The number of carboxylic acid groups (broad SMARTS) is 1. The summed E-state index contributed by atoms with van der Waals surface area (Å²) in [5.74, 6) is 0.291. The zero-order valence-corrected chi connectivity index (χ0v) is 6.52. The largest absolute Gasteiger partial charge is 0.511 e. The van der Waals surface area contributed by atoms with Crippen LogP contribution in [0.3, 0.4) is 0 Å². The molecule has 13 heavy (non-hydrogen) atoms. The fourth-order valence-corrected chi connectivity index (χ4v) is 1.12. The van der Waals surface area contributed by atoms with Crippen LogP contribution in [0, 0.1) is 0 Å². The Balaban J connectivity index is 2.54. The van der Waals surface area contributed by atoms with Gasteiger partial charge in [0.05, 0.1) is 5.39 Å². The lowest BCUT2D eigenvalue weighted by Crippen LogP contribution is -2.03. The van der Waals surface area contributed by atoms with Gasteiger partial charge in [0.25, 0.3) is 0 Å². The molecule has 0 saturated heterocycles. The molecule has 2 aromatic heterocycles. The predicted octanol–water partition coefficient (Wildman–Crippen LogP) is 1.62. The smallest absolute Gasteiger partial charge is 0.449 e. The van der Waals surface area contributed by atoms with Crippen molar-refractivity contribution in [2.24, 2.45) is 0 Å². The quantitative estimate of drug-likeness (QED) is 0.650. The molecular weight excluding hydrogens is 172 g/mol. The van der Waals surface area contributed by atoms with Gasteiger partial charge < -0.3 is 14.8 Å². The van der Waals surface area contributed by atoms with Gasteiger partial charge in [-0.1, -0.05) is 0 Å². The van der Waals surface area contributed by atoms with Crippen molar-refractivity contribution in [2.75, 3.05) is 0 Å². The number of aromatic nitrogens is 2. The zero-order valence-electron chi connectivity index (χ0n) is 6.52. The van der Waals surface area contributed by atoms with Gasteiger partial charge in [0.1, 0.15) is 11.4 Å². The van der Waals surface area contributed by atoms with E-state index in [4.69, 9.17) is 5.11 Å². The van der Waals surface area contributed by atoms with Gasteiger partial charge in [0.15, 0.2) is 0 Å². The molecule has 0 radical (unpaired) electrons. The number of aromatic amines is 1. The molecule has 0 spiro atoms. The average Bonchev–Trinajstić information content (AvgIpc) is 2.51. The lowest BCUT2D eigenvalue weighted by atomic mass is 10.3. The molecule has 2 heterocycles. The number of nitrogens with zero attached hydrogens (tertiary/aromatic N) is 1. The number of hydrogen-bond acceptors (Lipinski definition) is 3. The maximum absolute atomic E-state index is 10.3. The summed E-state index contributed by atoms with van der Waals surface area (Å²) in [6, 6.07) is 3.21. The van der Waals surface area contributed by atoms with E-state index >= 15 is 0 Å². The molecule has 0 aromatic carbocycles. The maximum atomic E-state index is 10.3. The van der Waals surface area contributed by atoms with Crippen molar-refractivity contribution < 1.29 is 14.6 Å². The third-order valence-electron chi connectivity index (χ3n) is 1.62. The minimum atomic E-state index is -1.33. The summed E-state index contributed by atoms with van der Waals surface area (Å²) in [7, 11) is 0. The van der Waals surface area contributed by atoms with E-state index in [1.165, 1.54) is 12.3 Å². The van der Waals surface area contributed by atoms with Crippen molar-refractivity contribution in [3.05, 3.63) is 24.5 Å². The van der Waals surface area contributed by atoms with Crippen molar-refractivity contribution >= 4 is 17.2 Å². The van der Waals surface area contributed by atoms with Gasteiger partial charge in [-0.25, -0.2) is 9.78 Å². The van der Waals surface area contributed by atoms with Gasteiger partial charge in [0.2, 0.25) is 0 Å². The minimum Gasteiger partial charge on any atom is -0.449 e. The summed E-state index contributed by atoms with van der Waals surface area (Å²) >= 11 is 0. The number of rotatable bonds is 1. The first kappa shape index (κ1) is 7.60. The Kier molecular flexibility index (Phi) is 1.63. The highest BCUT2D eigenvalue weighted by molar-refractivity contribution is 5.84. The predicted molar refractivity (Wildman–Crippen MR) is 44.7 cm³/mol. The fraction of sp³-hybridized carbons (Fsp3) is 0. The Morgan fingerprint density at radius 2 is 2.38 bits per heavy atom. The van der Waals surface area contributed by atoms with Crippen LogP contribution in [-0.4, -0.2) is 21.2 Å².